The van der Waals surface area contributed by atoms with Gasteiger partial charge in [-0.25, -0.2) is 13.2 Å². The maximum absolute atomic E-state index is 13.3. The standard InChI is InChI=1S/C18H17F3N2O/c19-15-4-1-13(2-5-15)12-22-7-9-23(10-8-22)18(24)14-3-6-16(20)17(21)11-14/h1-6,11H,7-10,12H2. The van der Waals surface area contributed by atoms with Crippen molar-refractivity contribution in [3.63, 3.8) is 0 Å². The monoisotopic (exact) mass is 334 g/mol. The van der Waals surface area contributed by atoms with Crippen molar-refractivity contribution in [3.05, 3.63) is 71.0 Å². The van der Waals surface area contributed by atoms with Crippen molar-refractivity contribution < 1.29 is 18.0 Å². The molecule has 0 unspecified atom stereocenters. The SMILES string of the molecule is O=C(c1ccc(F)c(F)c1)N1CCN(Cc2ccc(F)cc2)CC1. The molecule has 0 saturated carbocycles. The molecule has 3 rings (SSSR count). The lowest BCUT2D eigenvalue weighted by atomic mass is 10.1. The molecule has 1 aliphatic heterocycles. The van der Waals surface area contributed by atoms with E-state index in [2.05, 4.69) is 4.90 Å². The van der Waals surface area contributed by atoms with Crippen LogP contribution in [0.25, 0.3) is 0 Å². The van der Waals surface area contributed by atoms with E-state index in [0.717, 1.165) is 17.7 Å². The summed E-state index contributed by atoms with van der Waals surface area (Å²) in [5, 5.41) is 0. The number of piperazine rings is 1. The van der Waals surface area contributed by atoms with Crippen molar-refractivity contribution in [1.82, 2.24) is 9.80 Å². The summed E-state index contributed by atoms with van der Waals surface area (Å²) in [6, 6.07) is 9.54. The number of carbonyl (C=O) groups is 1. The van der Waals surface area contributed by atoms with E-state index >= 15 is 0 Å². The van der Waals surface area contributed by atoms with Gasteiger partial charge in [-0.3, -0.25) is 9.69 Å². The Morgan fingerprint density at radius 2 is 1.54 bits per heavy atom. The Hall–Kier alpha value is -2.34. The Morgan fingerprint density at radius 3 is 2.17 bits per heavy atom. The van der Waals surface area contributed by atoms with Gasteiger partial charge in [0.2, 0.25) is 0 Å². The maximum atomic E-state index is 13.3. The van der Waals surface area contributed by atoms with Gasteiger partial charge in [0.05, 0.1) is 0 Å². The van der Waals surface area contributed by atoms with Gasteiger partial charge in [0.25, 0.3) is 5.91 Å². The molecule has 1 aliphatic rings. The van der Waals surface area contributed by atoms with Gasteiger partial charge >= 0.3 is 0 Å². The summed E-state index contributed by atoms with van der Waals surface area (Å²) < 4.78 is 39.1. The number of hydrogen-bond donors (Lipinski definition) is 0. The lowest BCUT2D eigenvalue weighted by molar-refractivity contribution is 0.0628. The lowest BCUT2D eigenvalue weighted by Crippen LogP contribution is -2.48. The molecule has 2 aromatic rings. The van der Waals surface area contributed by atoms with E-state index in [4.69, 9.17) is 0 Å². The van der Waals surface area contributed by atoms with Crippen LogP contribution < -0.4 is 0 Å². The van der Waals surface area contributed by atoms with Crippen molar-refractivity contribution >= 4 is 5.91 Å². The first-order chi connectivity index (χ1) is 11.5. The third-order valence-corrected chi connectivity index (χ3v) is 4.15. The summed E-state index contributed by atoms with van der Waals surface area (Å²) in [7, 11) is 0. The molecule has 2 aromatic carbocycles. The molecule has 1 fully saturated rings. The normalized spacial score (nSPS) is 15.5. The average molecular weight is 334 g/mol. The summed E-state index contributed by atoms with van der Waals surface area (Å²) in [4.78, 5) is 16.1. The smallest absolute Gasteiger partial charge is 0.254 e. The van der Waals surface area contributed by atoms with Gasteiger partial charge < -0.3 is 4.90 Å². The Balaban J connectivity index is 1.57. The first-order valence-electron chi connectivity index (χ1n) is 7.74. The topological polar surface area (TPSA) is 23.6 Å². The van der Waals surface area contributed by atoms with E-state index < -0.39 is 11.6 Å². The second kappa shape index (κ2) is 7.05. The minimum atomic E-state index is -1.02. The summed E-state index contributed by atoms with van der Waals surface area (Å²) in [5.74, 6) is -2.54. The maximum Gasteiger partial charge on any atom is 0.254 e. The van der Waals surface area contributed by atoms with Crippen LogP contribution in [0.5, 0.6) is 0 Å². The highest BCUT2D eigenvalue weighted by molar-refractivity contribution is 5.94. The minimum absolute atomic E-state index is 0.154. The van der Waals surface area contributed by atoms with Gasteiger partial charge in [-0.2, -0.15) is 0 Å². The van der Waals surface area contributed by atoms with Gasteiger partial charge in [-0.15, -0.1) is 0 Å². The first kappa shape index (κ1) is 16.5. The molecule has 6 heteroatoms. The van der Waals surface area contributed by atoms with Crippen LogP contribution in [0, 0.1) is 17.5 Å². The predicted octanol–water partition coefficient (Wildman–Crippen LogP) is 3.06. The van der Waals surface area contributed by atoms with Crippen LogP contribution in [0.3, 0.4) is 0 Å². The number of nitrogens with zero attached hydrogens (tertiary/aromatic N) is 2. The number of rotatable bonds is 3. The van der Waals surface area contributed by atoms with Crippen LogP contribution in [0.2, 0.25) is 0 Å². The van der Waals surface area contributed by atoms with Crippen molar-refractivity contribution in [2.75, 3.05) is 26.2 Å². The minimum Gasteiger partial charge on any atom is -0.336 e. The fraction of sp³-hybridized carbons (Fsp3) is 0.278. The van der Waals surface area contributed by atoms with Gasteiger partial charge in [0, 0.05) is 38.3 Å². The molecule has 0 aliphatic carbocycles. The Bertz CT molecular complexity index is 726. The highest BCUT2D eigenvalue weighted by atomic mass is 19.2. The number of amides is 1. The van der Waals surface area contributed by atoms with Crippen molar-refractivity contribution in [1.29, 1.82) is 0 Å². The fourth-order valence-corrected chi connectivity index (χ4v) is 2.77. The van der Waals surface area contributed by atoms with Gasteiger partial charge in [0.15, 0.2) is 11.6 Å². The number of benzene rings is 2. The molecular formula is C18H17F3N2O. The Morgan fingerprint density at radius 1 is 0.875 bits per heavy atom. The molecule has 0 atom stereocenters. The number of carbonyl (C=O) groups excluding carboxylic acids is 1. The zero-order chi connectivity index (χ0) is 17.1. The molecule has 0 spiro atoms. The van der Waals surface area contributed by atoms with E-state index in [9.17, 15) is 18.0 Å². The van der Waals surface area contributed by atoms with E-state index in [1.807, 2.05) is 0 Å². The third-order valence-electron chi connectivity index (χ3n) is 4.15. The van der Waals surface area contributed by atoms with Crippen LogP contribution in [0.15, 0.2) is 42.5 Å². The molecule has 1 saturated heterocycles. The zero-order valence-electron chi connectivity index (χ0n) is 13.0. The van der Waals surface area contributed by atoms with Crippen molar-refractivity contribution in [2.45, 2.75) is 6.54 Å². The van der Waals surface area contributed by atoms with Gasteiger partial charge in [0.1, 0.15) is 5.82 Å². The Kier molecular flexibility index (Phi) is 4.85. The number of hydrogen-bond acceptors (Lipinski definition) is 2. The molecule has 0 aromatic heterocycles. The van der Waals surface area contributed by atoms with E-state index in [1.54, 1.807) is 17.0 Å². The predicted molar refractivity (Wildman–Crippen MR) is 83.9 cm³/mol. The van der Waals surface area contributed by atoms with Crippen LogP contribution >= 0.6 is 0 Å². The van der Waals surface area contributed by atoms with Gasteiger partial charge in [-0.05, 0) is 35.9 Å². The molecule has 0 bridgehead atoms. The van der Waals surface area contributed by atoms with Gasteiger partial charge in [-0.1, -0.05) is 12.1 Å². The highest BCUT2D eigenvalue weighted by Gasteiger charge is 2.22. The molecule has 0 N–H and O–H groups in total. The number of halogens is 3. The van der Waals surface area contributed by atoms with Crippen molar-refractivity contribution in [3.8, 4) is 0 Å². The third kappa shape index (κ3) is 3.76. The summed E-state index contributed by atoms with van der Waals surface area (Å²) >= 11 is 0. The van der Waals surface area contributed by atoms with E-state index in [0.29, 0.717) is 32.7 Å². The summed E-state index contributed by atoms with van der Waals surface area (Å²) in [6.07, 6.45) is 0. The second-order valence-electron chi connectivity index (χ2n) is 5.82. The zero-order valence-corrected chi connectivity index (χ0v) is 13.0. The Labute approximate surface area is 138 Å². The second-order valence-corrected chi connectivity index (χ2v) is 5.82. The van der Waals surface area contributed by atoms with Crippen molar-refractivity contribution in [2.24, 2.45) is 0 Å². The summed E-state index contributed by atoms with van der Waals surface area (Å²) in [6.45, 7) is 3.06. The van der Waals surface area contributed by atoms with Crippen LogP contribution in [-0.2, 0) is 6.54 Å². The van der Waals surface area contributed by atoms with E-state index in [1.165, 1.54) is 18.2 Å². The molecule has 1 amide bonds. The first-order valence-corrected chi connectivity index (χ1v) is 7.74. The average Bonchev–Trinajstić information content (AvgIpc) is 2.59. The van der Waals surface area contributed by atoms with E-state index in [-0.39, 0.29) is 17.3 Å². The van der Waals surface area contributed by atoms with Crippen LogP contribution in [0.4, 0.5) is 13.2 Å². The van der Waals surface area contributed by atoms with Crippen LogP contribution in [-0.4, -0.2) is 41.9 Å². The quantitative estimate of drug-likeness (QED) is 0.861. The molecule has 126 valence electrons. The summed E-state index contributed by atoms with van der Waals surface area (Å²) in [5.41, 5.74) is 1.16. The van der Waals surface area contributed by atoms with Crippen LogP contribution in [0.1, 0.15) is 15.9 Å². The molecule has 1 heterocycles. The molecule has 3 nitrogen and oxygen atoms in total. The highest BCUT2D eigenvalue weighted by Crippen LogP contribution is 2.14. The molecule has 24 heavy (non-hydrogen) atoms. The lowest BCUT2D eigenvalue weighted by Gasteiger charge is -2.34. The molecular weight excluding hydrogens is 317 g/mol. The largest absolute Gasteiger partial charge is 0.336 e. The fourth-order valence-electron chi connectivity index (χ4n) is 2.77. The molecule has 0 radical (unpaired) electrons.